The minimum Gasteiger partial charge on any atom is -0.494 e. The van der Waals surface area contributed by atoms with Crippen LogP contribution in [0.4, 0.5) is 10.3 Å². The molecule has 0 saturated heterocycles. The van der Waals surface area contributed by atoms with Crippen LogP contribution >= 0.6 is 0 Å². The Balaban J connectivity index is 1.84. The van der Waals surface area contributed by atoms with Crippen LogP contribution in [0.2, 0.25) is 0 Å². The monoisotopic (exact) mass is 543 g/mol. The number of nitrogens with one attached hydrogen (secondary N) is 1. The first-order chi connectivity index (χ1) is 18.2. The quantitative estimate of drug-likeness (QED) is 0.317. The number of pyridine rings is 1. The van der Waals surface area contributed by atoms with E-state index >= 15 is 0 Å². The van der Waals surface area contributed by atoms with Crippen LogP contribution in [-0.2, 0) is 14.8 Å². The molecule has 0 spiro atoms. The van der Waals surface area contributed by atoms with Crippen molar-refractivity contribution in [2.24, 2.45) is 0 Å². The fourth-order valence-electron chi connectivity index (χ4n) is 3.84. The van der Waals surface area contributed by atoms with E-state index in [1.807, 2.05) is 13.0 Å². The molecular weight excluding hydrogens is 517 g/mol. The molecule has 4 aromatic rings. The van der Waals surface area contributed by atoms with Crippen molar-refractivity contribution < 1.29 is 27.0 Å². The third-order valence-corrected chi connectivity index (χ3v) is 7.41. The van der Waals surface area contributed by atoms with E-state index in [-0.39, 0.29) is 11.8 Å². The van der Waals surface area contributed by atoms with E-state index in [4.69, 9.17) is 14.2 Å². The second kappa shape index (κ2) is 11.1. The van der Waals surface area contributed by atoms with Crippen LogP contribution in [0, 0.1) is 12.7 Å². The number of rotatable bonds is 10. The van der Waals surface area contributed by atoms with Gasteiger partial charge in [0.15, 0.2) is 17.5 Å². The van der Waals surface area contributed by atoms with Gasteiger partial charge in [0.1, 0.15) is 28.5 Å². The molecule has 0 amide bonds. The number of benzene rings is 1. The van der Waals surface area contributed by atoms with E-state index < -0.39 is 27.2 Å². The number of sulfonamides is 1. The summed E-state index contributed by atoms with van der Waals surface area (Å²) >= 11 is 0. The fraction of sp³-hybridized carbons (Fsp3) is 0.292. The van der Waals surface area contributed by atoms with Gasteiger partial charge in [-0.3, -0.25) is 14.3 Å². The predicted molar refractivity (Wildman–Crippen MR) is 136 cm³/mol. The summed E-state index contributed by atoms with van der Waals surface area (Å²) in [7, 11) is 0.0760. The van der Waals surface area contributed by atoms with Gasteiger partial charge in [-0.15, -0.1) is 10.2 Å². The van der Waals surface area contributed by atoms with E-state index in [2.05, 4.69) is 29.9 Å². The highest BCUT2D eigenvalue weighted by atomic mass is 32.2. The first-order valence-electron chi connectivity index (χ1n) is 11.3. The summed E-state index contributed by atoms with van der Waals surface area (Å²) in [6.07, 6.45) is 4.04. The summed E-state index contributed by atoms with van der Waals surface area (Å²) in [6, 6.07) is 6.97. The Kier molecular flexibility index (Phi) is 7.83. The van der Waals surface area contributed by atoms with Crippen LogP contribution in [0.25, 0.3) is 17.1 Å². The zero-order valence-electron chi connectivity index (χ0n) is 21.3. The van der Waals surface area contributed by atoms with E-state index in [1.165, 1.54) is 32.8 Å². The Bertz CT molecular complexity index is 1510. The second-order valence-corrected chi connectivity index (χ2v) is 10.3. The van der Waals surface area contributed by atoms with Gasteiger partial charge in [0.2, 0.25) is 16.0 Å². The third-order valence-electron chi connectivity index (χ3n) is 5.72. The topological polar surface area (TPSA) is 143 Å². The summed E-state index contributed by atoms with van der Waals surface area (Å²) in [5.74, 6) is 0.272. The van der Waals surface area contributed by atoms with Crippen molar-refractivity contribution >= 4 is 16.0 Å². The van der Waals surface area contributed by atoms with Gasteiger partial charge in [-0.05, 0) is 37.6 Å². The highest BCUT2D eigenvalue weighted by Crippen LogP contribution is 2.38. The standard InChI is InChI=1S/C24H26FN7O5S/c1-14-9-16(11-26-10-14)23-29-30-24(32(23)20-18(35-3)7-6-8-19(20)36-4)31-38(33,34)15(2)21(37-5)22-27-12-17(25)13-28-22/h6-13,15,21H,1-5H3,(H,30,31)/t15-,21+/m1/s1. The number of halogens is 1. The van der Waals surface area contributed by atoms with Gasteiger partial charge in [-0.1, -0.05) is 6.07 Å². The first-order valence-corrected chi connectivity index (χ1v) is 12.9. The third kappa shape index (κ3) is 5.26. The van der Waals surface area contributed by atoms with E-state index in [1.54, 1.807) is 30.6 Å². The van der Waals surface area contributed by atoms with Gasteiger partial charge in [-0.2, -0.15) is 0 Å². The lowest BCUT2D eigenvalue weighted by Gasteiger charge is -2.22. The molecular formula is C24H26FN7O5S. The Morgan fingerprint density at radius 3 is 2.24 bits per heavy atom. The number of nitrogens with zero attached hydrogens (tertiary/aromatic N) is 6. The summed E-state index contributed by atoms with van der Waals surface area (Å²) in [5.41, 5.74) is 1.81. The van der Waals surface area contributed by atoms with Crippen molar-refractivity contribution in [2.45, 2.75) is 25.2 Å². The number of hydrogen-bond acceptors (Lipinski definition) is 10. The summed E-state index contributed by atoms with van der Waals surface area (Å²) in [6.45, 7) is 3.29. The summed E-state index contributed by atoms with van der Waals surface area (Å²) in [5, 5.41) is 7.20. The molecule has 0 aliphatic carbocycles. The Morgan fingerprint density at radius 2 is 1.66 bits per heavy atom. The van der Waals surface area contributed by atoms with Crippen molar-refractivity contribution in [1.29, 1.82) is 0 Å². The molecule has 3 aromatic heterocycles. The highest BCUT2D eigenvalue weighted by molar-refractivity contribution is 7.93. The average molecular weight is 544 g/mol. The maximum absolute atomic E-state index is 13.6. The van der Waals surface area contributed by atoms with E-state index in [0.29, 0.717) is 28.6 Å². The zero-order chi connectivity index (χ0) is 27.4. The molecule has 2 atom stereocenters. The molecule has 0 aliphatic rings. The number of hydrogen-bond donors (Lipinski definition) is 1. The molecule has 38 heavy (non-hydrogen) atoms. The van der Waals surface area contributed by atoms with Gasteiger partial charge in [0, 0.05) is 25.1 Å². The summed E-state index contributed by atoms with van der Waals surface area (Å²) in [4.78, 5) is 12.0. The van der Waals surface area contributed by atoms with Crippen LogP contribution in [0.5, 0.6) is 11.5 Å². The minimum absolute atomic E-state index is 0.00571. The molecule has 0 aliphatic heterocycles. The number of aryl methyl sites for hydroxylation is 1. The van der Waals surface area contributed by atoms with Crippen molar-refractivity contribution in [1.82, 2.24) is 29.7 Å². The van der Waals surface area contributed by atoms with Gasteiger partial charge in [0.05, 0.1) is 26.6 Å². The predicted octanol–water partition coefficient (Wildman–Crippen LogP) is 3.10. The van der Waals surface area contributed by atoms with Crippen molar-refractivity contribution in [3.63, 3.8) is 0 Å². The fourth-order valence-corrected chi connectivity index (χ4v) is 4.97. The summed E-state index contributed by atoms with van der Waals surface area (Å²) < 4.78 is 60.9. The lowest BCUT2D eigenvalue weighted by Crippen LogP contribution is -2.33. The first kappa shape index (κ1) is 26.9. The smallest absolute Gasteiger partial charge is 0.243 e. The number of ether oxygens (including phenoxy) is 3. The highest BCUT2D eigenvalue weighted by Gasteiger charge is 2.35. The molecule has 0 fully saturated rings. The minimum atomic E-state index is -4.20. The number of anilines is 1. The Hall–Kier alpha value is -4.17. The lowest BCUT2D eigenvalue weighted by atomic mass is 10.2. The Labute approximate surface area is 218 Å². The largest absolute Gasteiger partial charge is 0.494 e. The molecule has 12 nitrogen and oxygen atoms in total. The number of aromatic nitrogens is 6. The van der Waals surface area contributed by atoms with Gasteiger partial charge < -0.3 is 14.2 Å². The number of methoxy groups -OCH3 is 3. The van der Waals surface area contributed by atoms with Crippen LogP contribution < -0.4 is 14.2 Å². The second-order valence-electron chi connectivity index (χ2n) is 8.21. The van der Waals surface area contributed by atoms with Gasteiger partial charge >= 0.3 is 0 Å². The number of para-hydroxylation sites is 1. The molecule has 0 radical (unpaired) electrons. The lowest BCUT2D eigenvalue weighted by molar-refractivity contribution is 0.0948. The molecule has 0 saturated carbocycles. The molecule has 0 bridgehead atoms. The van der Waals surface area contributed by atoms with Crippen LogP contribution in [0.1, 0.15) is 24.4 Å². The maximum Gasteiger partial charge on any atom is 0.243 e. The molecule has 0 unspecified atom stereocenters. The Morgan fingerprint density at radius 1 is 1.00 bits per heavy atom. The zero-order valence-corrected chi connectivity index (χ0v) is 22.1. The normalized spacial score (nSPS) is 13.1. The molecule has 4 rings (SSSR count). The van der Waals surface area contributed by atoms with Gasteiger partial charge in [0.25, 0.3) is 0 Å². The van der Waals surface area contributed by atoms with Crippen LogP contribution in [0.15, 0.2) is 49.1 Å². The maximum atomic E-state index is 13.6. The molecule has 3 heterocycles. The van der Waals surface area contributed by atoms with Crippen molar-refractivity contribution in [3.8, 4) is 28.6 Å². The van der Waals surface area contributed by atoms with Crippen molar-refractivity contribution in [3.05, 3.63) is 66.3 Å². The van der Waals surface area contributed by atoms with Crippen LogP contribution in [0.3, 0.4) is 0 Å². The van der Waals surface area contributed by atoms with Gasteiger partial charge in [-0.25, -0.2) is 22.8 Å². The van der Waals surface area contributed by atoms with Crippen molar-refractivity contribution in [2.75, 3.05) is 26.1 Å². The van der Waals surface area contributed by atoms with E-state index in [9.17, 15) is 12.8 Å². The average Bonchev–Trinajstić information content (AvgIpc) is 3.31. The SMILES string of the molecule is COc1cccc(OC)c1-n1c(NS(=O)(=O)[C@H](C)[C@H](OC)c2ncc(F)cn2)nnc1-c1cncc(C)c1. The van der Waals surface area contributed by atoms with E-state index in [0.717, 1.165) is 18.0 Å². The molecule has 1 N–H and O–H groups in total. The molecule has 14 heteroatoms. The molecule has 1 aromatic carbocycles. The molecule has 200 valence electrons. The van der Waals surface area contributed by atoms with Crippen LogP contribution in [-0.4, -0.2) is 64.7 Å².